The highest BCUT2D eigenvalue weighted by molar-refractivity contribution is 7.16. The second-order valence-electron chi connectivity index (χ2n) is 5.41. The number of fused-ring (bicyclic) bond motifs is 1. The van der Waals surface area contributed by atoms with E-state index >= 15 is 0 Å². The van der Waals surface area contributed by atoms with E-state index in [1.54, 1.807) is 11.3 Å². The fourth-order valence-corrected chi connectivity index (χ4v) is 3.53. The van der Waals surface area contributed by atoms with E-state index in [4.69, 9.17) is 10.1 Å². The van der Waals surface area contributed by atoms with Gasteiger partial charge in [-0.05, 0) is 12.3 Å². The van der Waals surface area contributed by atoms with E-state index in [9.17, 15) is 0 Å². The van der Waals surface area contributed by atoms with Gasteiger partial charge in [0, 0.05) is 12.0 Å². The average Bonchev–Trinajstić information content (AvgIpc) is 2.95. The molecular weight excluding hydrogens is 266 g/mol. The molecule has 0 bridgehead atoms. The van der Waals surface area contributed by atoms with Crippen molar-refractivity contribution < 1.29 is 0 Å². The Morgan fingerprint density at radius 2 is 1.95 bits per heavy atom. The van der Waals surface area contributed by atoms with E-state index in [-0.39, 0.29) is 0 Å². The summed E-state index contributed by atoms with van der Waals surface area (Å²) in [5, 5.41) is 5.92. The van der Waals surface area contributed by atoms with Gasteiger partial charge in [-0.2, -0.15) is 5.10 Å². The van der Waals surface area contributed by atoms with E-state index in [2.05, 4.69) is 45.0 Å². The second-order valence-corrected chi connectivity index (χ2v) is 6.46. The van der Waals surface area contributed by atoms with E-state index in [1.807, 2.05) is 10.6 Å². The molecule has 0 aliphatic heterocycles. The summed E-state index contributed by atoms with van der Waals surface area (Å²) in [6.45, 7) is 6.61. The summed E-state index contributed by atoms with van der Waals surface area (Å²) in [7, 11) is 0. The Bertz CT molecular complexity index is 710. The SMILES string of the molecule is CCc1c(-c2ccccc2)nc2sc(CC(C)C)nn12. The third-order valence-corrected chi connectivity index (χ3v) is 4.23. The Morgan fingerprint density at radius 3 is 2.60 bits per heavy atom. The van der Waals surface area contributed by atoms with Crippen LogP contribution in [-0.2, 0) is 12.8 Å². The third-order valence-electron chi connectivity index (χ3n) is 3.30. The number of benzene rings is 1. The van der Waals surface area contributed by atoms with Crippen LogP contribution in [0.1, 0.15) is 31.5 Å². The van der Waals surface area contributed by atoms with Crippen molar-refractivity contribution in [1.82, 2.24) is 14.6 Å². The molecule has 4 heteroatoms. The lowest BCUT2D eigenvalue weighted by molar-refractivity contribution is 0.635. The van der Waals surface area contributed by atoms with Gasteiger partial charge in [-0.3, -0.25) is 0 Å². The summed E-state index contributed by atoms with van der Waals surface area (Å²) in [5.41, 5.74) is 3.45. The van der Waals surface area contributed by atoms with Gasteiger partial charge in [0.1, 0.15) is 5.01 Å². The zero-order chi connectivity index (χ0) is 14.1. The van der Waals surface area contributed by atoms with Gasteiger partial charge in [-0.15, -0.1) is 0 Å². The number of aromatic nitrogens is 3. The van der Waals surface area contributed by atoms with Gasteiger partial charge in [0.25, 0.3) is 0 Å². The van der Waals surface area contributed by atoms with Gasteiger partial charge < -0.3 is 0 Å². The number of rotatable bonds is 4. The Labute approximate surface area is 123 Å². The molecule has 3 rings (SSSR count). The van der Waals surface area contributed by atoms with Crippen molar-refractivity contribution in [3.63, 3.8) is 0 Å². The van der Waals surface area contributed by atoms with Gasteiger partial charge >= 0.3 is 0 Å². The molecule has 1 aromatic carbocycles. The fraction of sp³-hybridized carbons (Fsp3) is 0.375. The average molecular weight is 285 g/mol. The maximum Gasteiger partial charge on any atom is 0.212 e. The van der Waals surface area contributed by atoms with Gasteiger partial charge in [-0.25, -0.2) is 9.50 Å². The summed E-state index contributed by atoms with van der Waals surface area (Å²) in [6.07, 6.45) is 1.97. The smallest absolute Gasteiger partial charge is 0.212 e. The molecule has 20 heavy (non-hydrogen) atoms. The van der Waals surface area contributed by atoms with Gasteiger partial charge in [0.2, 0.25) is 4.96 Å². The van der Waals surface area contributed by atoms with Crippen LogP contribution in [0.3, 0.4) is 0 Å². The lowest BCUT2D eigenvalue weighted by Crippen LogP contribution is -1.98. The second kappa shape index (κ2) is 5.37. The van der Waals surface area contributed by atoms with Crippen LogP contribution in [0.4, 0.5) is 0 Å². The van der Waals surface area contributed by atoms with Crippen LogP contribution in [0.25, 0.3) is 16.2 Å². The molecule has 0 radical (unpaired) electrons. The first-order valence-corrected chi connectivity index (χ1v) is 7.93. The van der Waals surface area contributed by atoms with E-state index in [0.29, 0.717) is 5.92 Å². The van der Waals surface area contributed by atoms with Crippen molar-refractivity contribution in [2.24, 2.45) is 5.92 Å². The molecule has 0 saturated carbocycles. The maximum absolute atomic E-state index is 4.80. The van der Waals surface area contributed by atoms with Crippen LogP contribution in [0.15, 0.2) is 30.3 Å². The van der Waals surface area contributed by atoms with Gasteiger partial charge in [0.15, 0.2) is 0 Å². The fourth-order valence-electron chi connectivity index (χ4n) is 2.41. The largest absolute Gasteiger partial charge is 0.217 e. The molecule has 3 aromatic rings. The quantitative estimate of drug-likeness (QED) is 0.718. The zero-order valence-corrected chi connectivity index (χ0v) is 12.9. The highest BCUT2D eigenvalue weighted by Crippen LogP contribution is 2.27. The summed E-state index contributed by atoms with van der Waals surface area (Å²) in [5.74, 6) is 0.629. The third kappa shape index (κ3) is 2.36. The predicted molar refractivity (Wildman–Crippen MR) is 84.2 cm³/mol. The number of aryl methyl sites for hydroxylation is 1. The molecule has 0 aliphatic carbocycles. The minimum Gasteiger partial charge on any atom is -0.217 e. The summed E-state index contributed by atoms with van der Waals surface area (Å²) < 4.78 is 2.03. The highest BCUT2D eigenvalue weighted by Gasteiger charge is 2.16. The van der Waals surface area contributed by atoms with Crippen molar-refractivity contribution in [2.45, 2.75) is 33.6 Å². The molecule has 0 N–H and O–H groups in total. The minimum atomic E-state index is 0.629. The van der Waals surface area contributed by atoms with E-state index in [1.165, 1.54) is 16.3 Å². The molecule has 0 fully saturated rings. The monoisotopic (exact) mass is 285 g/mol. The maximum atomic E-state index is 4.80. The van der Waals surface area contributed by atoms with E-state index < -0.39 is 0 Å². The Kier molecular flexibility index (Phi) is 3.57. The summed E-state index contributed by atoms with van der Waals surface area (Å²) in [4.78, 5) is 5.81. The minimum absolute atomic E-state index is 0.629. The normalized spacial score (nSPS) is 11.6. The van der Waals surface area contributed by atoms with Crippen molar-refractivity contribution in [1.29, 1.82) is 0 Å². The van der Waals surface area contributed by atoms with Crippen molar-refractivity contribution in [2.75, 3.05) is 0 Å². The lowest BCUT2D eigenvalue weighted by atomic mass is 10.1. The topological polar surface area (TPSA) is 30.2 Å². The first-order valence-electron chi connectivity index (χ1n) is 7.11. The van der Waals surface area contributed by atoms with Gasteiger partial charge in [-0.1, -0.05) is 62.4 Å². The Balaban J connectivity index is 2.09. The Hall–Kier alpha value is -1.68. The first kappa shape index (κ1) is 13.3. The van der Waals surface area contributed by atoms with Crippen LogP contribution >= 0.6 is 11.3 Å². The molecular formula is C16H19N3S. The highest BCUT2D eigenvalue weighted by atomic mass is 32.1. The molecule has 0 saturated heterocycles. The molecule has 0 unspecified atom stereocenters. The number of hydrogen-bond donors (Lipinski definition) is 0. The zero-order valence-electron chi connectivity index (χ0n) is 12.1. The molecule has 104 valence electrons. The number of nitrogens with zero attached hydrogens (tertiary/aromatic N) is 3. The number of hydrogen-bond acceptors (Lipinski definition) is 3. The molecule has 2 aromatic heterocycles. The molecule has 2 heterocycles. The van der Waals surface area contributed by atoms with Crippen LogP contribution in [0, 0.1) is 5.92 Å². The molecule has 0 aliphatic rings. The van der Waals surface area contributed by atoms with Crippen LogP contribution in [0.5, 0.6) is 0 Å². The summed E-state index contributed by atoms with van der Waals surface area (Å²) >= 11 is 1.71. The van der Waals surface area contributed by atoms with Crippen molar-refractivity contribution >= 4 is 16.3 Å². The van der Waals surface area contributed by atoms with Crippen LogP contribution in [-0.4, -0.2) is 14.6 Å². The standard InChI is InChI=1S/C16H19N3S/c1-4-13-15(12-8-6-5-7-9-12)17-16-19(13)18-14(20-16)10-11(2)3/h5-9,11H,4,10H2,1-3H3. The van der Waals surface area contributed by atoms with E-state index in [0.717, 1.165) is 23.5 Å². The molecule has 0 spiro atoms. The lowest BCUT2D eigenvalue weighted by Gasteiger charge is -2.01. The molecule has 3 nitrogen and oxygen atoms in total. The van der Waals surface area contributed by atoms with Crippen LogP contribution in [0.2, 0.25) is 0 Å². The van der Waals surface area contributed by atoms with Crippen molar-refractivity contribution in [3.8, 4) is 11.3 Å². The number of imidazole rings is 1. The summed E-state index contributed by atoms with van der Waals surface area (Å²) in [6, 6.07) is 10.4. The molecule has 0 atom stereocenters. The molecule has 0 amide bonds. The Morgan fingerprint density at radius 1 is 1.20 bits per heavy atom. The van der Waals surface area contributed by atoms with Crippen molar-refractivity contribution in [3.05, 3.63) is 41.0 Å². The van der Waals surface area contributed by atoms with Crippen LogP contribution < -0.4 is 0 Å². The predicted octanol–water partition coefficient (Wildman–Crippen LogP) is 4.22. The first-order chi connectivity index (χ1) is 9.69. The van der Waals surface area contributed by atoms with Gasteiger partial charge in [0.05, 0.1) is 11.4 Å².